The Morgan fingerprint density at radius 3 is 2.29 bits per heavy atom. The molecule has 0 aliphatic rings. The van der Waals surface area contributed by atoms with Gasteiger partial charge >= 0.3 is 5.97 Å². The zero-order valence-corrected chi connectivity index (χ0v) is 14.3. The fourth-order valence-corrected chi connectivity index (χ4v) is 2.44. The van der Waals surface area contributed by atoms with E-state index in [2.05, 4.69) is 5.16 Å². The first-order chi connectivity index (χ1) is 11.6. The second-order valence-corrected chi connectivity index (χ2v) is 5.28. The molecule has 5 heteroatoms. The third kappa shape index (κ3) is 3.93. The molecule has 5 nitrogen and oxygen atoms in total. The number of benzene rings is 2. The Bertz CT molecular complexity index is 733. The van der Waals surface area contributed by atoms with Gasteiger partial charge in [-0.1, -0.05) is 47.6 Å². The number of hydrogen-bond acceptors (Lipinski definition) is 5. The first-order valence-corrected chi connectivity index (χ1v) is 7.55. The summed E-state index contributed by atoms with van der Waals surface area (Å²) in [4.78, 5) is 16.7. The summed E-state index contributed by atoms with van der Waals surface area (Å²) in [5.41, 5.74) is 3.68. The van der Waals surface area contributed by atoms with Crippen LogP contribution in [0.4, 0.5) is 0 Å². The molecule has 0 aliphatic carbocycles. The molecular weight excluding hydrogens is 306 g/mol. The summed E-state index contributed by atoms with van der Waals surface area (Å²) in [5.74, 6) is 0.284. The molecule has 0 aromatic heterocycles. The molecule has 126 valence electrons. The average molecular weight is 327 g/mol. The quantitative estimate of drug-likeness (QED) is 0.463. The molecule has 0 bridgehead atoms. The van der Waals surface area contributed by atoms with E-state index < -0.39 is 5.97 Å². The normalized spacial score (nSPS) is 11.1. The van der Waals surface area contributed by atoms with E-state index in [0.29, 0.717) is 12.2 Å². The highest BCUT2D eigenvalue weighted by Gasteiger charge is 2.19. The van der Waals surface area contributed by atoms with Gasteiger partial charge in [0.05, 0.1) is 7.11 Å². The van der Waals surface area contributed by atoms with Gasteiger partial charge in [0.15, 0.2) is 5.71 Å². The molecule has 0 amide bonds. The van der Waals surface area contributed by atoms with E-state index in [1.165, 1.54) is 14.2 Å². The van der Waals surface area contributed by atoms with Crippen molar-refractivity contribution in [2.75, 3.05) is 14.2 Å². The molecule has 0 atom stereocenters. The van der Waals surface area contributed by atoms with Crippen LogP contribution in [-0.2, 0) is 21.0 Å². The Balaban J connectivity index is 2.32. The van der Waals surface area contributed by atoms with Gasteiger partial charge in [-0.05, 0) is 30.5 Å². The molecule has 0 saturated carbocycles. The van der Waals surface area contributed by atoms with Gasteiger partial charge in [0, 0.05) is 5.56 Å². The summed E-state index contributed by atoms with van der Waals surface area (Å²) < 4.78 is 10.8. The minimum absolute atomic E-state index is 0.112. The van der Waals surface area contributed by atoms with Crippen LogP contribution in [0.3, 0.4) is 0 Å². The molecule has 0 fully saturated rings. The van der Waals surface area contributed by atoms with Gasteiger partial charge in [-0.15, -0.1) is 0 Å². The number of carbonyl (C=O) groups is 1. The van der Waals surface area contributed by atoms with Crippen LogP contribution in [0, 0.1) is 13.8 Å². The summed E-state index contributed by atoms with van der Waals surface area (Å²) in [7, 11) is 2.70. The first-order valence-electron chi connectivity index (χ1n) is 7.55. The number of hydrogen-bond donors (Lipinski definition) is 0. The van der Waals surface area contributed by atoms with Crippen LogP contribution in [0.1, 0.15) is 22.3 Å². The van der Waals surface area contributed by atoms with E-state index in [4.69, 9.17) is 14.3 Å². The van der Waals surface area contributed by atoms with Crippen LogP contribution in [-0.4, -0.2) is 25.9 Å². The van der Waals surface area contributed by atoms with Crippen molar-refractivity contribution in [2.24, 2.45) is 5.16 Å². The number of esters is 1. The lowest BCUT2D eigenvalue weighted by Gasteiger charge is -2.14. The maximum Gasteiger partial charge on any atom is 0.360 e. The molecule has 0 heterocycles. The molecule has 0 unspecified atom stereocenters. The zero-order chi connectivity index (χ0) is 17.5. The smallest absolute Gasteiger partial charge is 0.360 e. The standard InChI is InChI=1S/C19H21NO4/c1-13-8-7-9-14(2)18(13)24-12-15-10-5-6-11-16(15)17(20-23-4)19(21)22-3/h5-11H,12H2,1-4H3. The Kier molecular flexibility index (Phi) is 5.95. The molecule has 2 aromatic rings. The Labute approximate surface area is 141 Å². The van der Waals surface area contributed by atoms with Crippen molar-refractivity contribution >= 4 is 11.7 Å². The van der Waals surface area contributed by atoms with Crippen molar-refractivity contribution in [3.63, 3.8) is 0 Å². The van der Waals surface area contributed by atoms with Gasteiger partial charge in [-0.3, -0.25) is 0 Å². The van der Waals surface area contributed by atoms with E-state index >= 15 is 0 Å². The second kappa shape index (κ2) is 8.15. The zero-order valence-electron chi connectivity index (χ0n) is 14.3. The Hall–Kier alpha value is -2.82. The van der Waals surface area contributed by atoms with Crippen molar-refractivity contribution < 1.29 is 19.1 Å². The number of para-hydroxylation sites is 1. The summed E-state index contributed by atoms with van der Waals surface area (Å²) >= 11 is 0. The molecular formula is C19H21NO4. The molecule has 0 saturated heterocycles. The largest absolute Gasteiger partial charge is 0.488 e. The van der Waals surface area contributed by atoms with Crippen LogP contribution in [0.15, 0.2) is 47.6 Å². The van der Waals surface area contributed by atoms with Gasteiger partial charge in [0.25, 0.3) is 0 Å². The lowest BCUT2D eigenvalue weighted by atomic mass is 10.0. The highest BCUT2D eigenvalue weighted by molar-refractivity contribution is 6.43. The van der Waals surface area contributed by atoms with Gasteiger partial charge in [-0.25, -0.2) is 4.79 Å². The van der Waals surface area contributed by atoms with Crippen molar-refractivity contribution in [1.82, 2.24) is 0 Å². The molecule has 2 aromatic carbocycles. The molecule has 0 N–H and O–H groups in total. The molecule has 2 rings (SSSR count). The summed E-state index contributed by atoms with van der Waals surface area (Å²) in [6.07, 6.45) is 0. The van der Waals surface area contributed by atoms with Gasteiger partial charge in [-0.2, -0.15) is 0 Å². The summed E-state index contributed by atoms with van der Waals surface area (Å²) in [6, 6.07) is 13.4. The van der Waals surface area contributed by atoms with Crippen molar-refractivity contribution in [3.05, 3.63) is 64.7 Å². The fourth-order valence-electron chi connectivity index (χ4n) is 2.44. The van der Waals surface area contributed by atoms with Crippen molar-refractivity contribution in [3.8, 4) is 5.75 Å². The second-order valence-electron chi connectivity index (χ2n) is 5.28. The maximum atomic E-state index is 12.0. The third-order valence-corrected chi connectivity index (χ3v) is 3.61. The van der Waals surface area contributed by atoms with Crippen LogP contribution in [0.2, 0.25) is 0 Å². The highest BCUT2D eigenvalue weighted by atomic mass is 16.6. The lowest BCUT2D eigenvalue weighted by molar-refractivity contribution is -0.132. The molecule has 0 spiro atoms. The number of carbonyl (C=O) groups excluding carboxylic acids is 1. The van der Waals surface area contributed by atoms with Gasteiger partial charge in [0.2, 0.25) is 0 Å². The minimum Gasteiger partial charge on any atom is -0.488 e. The summed E-state index contributed by atoms with van der Waals surface area (Å²) in [5, 5.41) is 3.80. The average Bonchev–Trinajstić information content (AvgIpc) is 2.59. The van der Waals surface area contributed by atoms with E-state index in [0.717, 1.165) is 22.4 Å². The predicted molar refractivity (Wildman–Crippen MR) is 92.3 cm³/mol. The van der Waals surface area contributed by atoms with Crippen molar-refractivity contribution in [2.45, 2.75) is 20.5 Å². The minimum atomic E-state index is -0.559. The van der Waals surface area contributed by atoms with Gasteiger partial charge < -0.3 is 14.3 Å². The molecule has 0 aliphatic heterocycles. The van der Waals surface area contributed by atoms with Crippen molar-refractivity contribution in [1.29, 1.82) is 0 Å². The SMILES string of the molecule is CON=C(C(=O)OC)c1ccccc1COc1c(C)cccc1C. The number of nitrogens with zero attached hydrogens (tertiary/aromatic N) is 1. The van der Waals surface area contributed by atoms with Crippen LogP contribution in [0.25, 0.3) is 0 Å². The van der Waals surface area contributed by atoms with E-state index in [-0.39, 0.29) is 5.71 Å². The number of oxime groups is 1. The number of ether oxygens (including phenoxy) is 2. The first kappa shape index (κ1) is 17.5. The highest BCUT2D eigenvalue weighted by Crippen LogP contribution is 2.24. The summed E-state index contributed by atoms with van der Waals surface area (Å²) in [6.45, 7) is 4.31. The van der Waals surface area contributed by atoms with E-state index in [1.54, 1.807) is 6.07 Å². The number of aryl methyl sites for hydroxylation is 2. The predicted octanol–water partition coefficient (Wildman–Crippen LogP) is 3.41. The third-order valence-electron chi connectivity index (χ3n) is 3.61. The Morgan fingerprint density at radius 1 is 1.00 bits per heavy atom. The van der Waals surface area contributed by atoms with Crippen LogP contribution >= 0.6 is 0 Å². The number of rotatable bonds is 6. The lowest BCUT2D eigenvalue weighted by Crippen LogP contribution is -2.20. The molecule has 0 radical (unpaired) electrons. The van der Waals surface area contributed by atoms with Gasteiger partial charge in [0.1, 0.15) is 19.5 Å². The maximum absolute atomic E-state index is 12.0. The number of methoxy groups -OCH3 is 1. The fraction of sp³-hybridized carbons (Fsp3) is 0.263. The van der Waals surface area contributed by atoms with E-state index in [1.807, 2.05) is 50.2 Å². The van der Waals surface area contributed by atoms with E-state index in [9.17, 15) is 4.79 Å². The van der Waals surface area contributed by atoms with Crippen LogP contribution < -0.4 is 4.74 Å². The van der Waals surface area contributed by atoms with Crippen LogP contribution in [0.5, 0.6) is 5.75 Å². The topological polar surface area (TPSA) is 57.1 Å². The Morgan fingerprint density at radius 2 is 1.67 bits per heavy atom. The molecule has 24 heavy (non-hydrogen) atoms. The monoisotopic (exact) mass is 327 g/mol.